The second-order valence-electron chi connectivity index (χ2n) is 8.33. The lowest BCUT2D eigenvalue weighted by molar-refractivity contribution is -0.144. The van der Waals surface area contributed by atoms with Crippen LogP contribution in [0.2, 0.25) is 0 Å². The van der Waals surface area contributed by atoms with Crippen LogP contribution < -0.4 is 14.8 Å². The zero-order valence-electron chi connectivity index (χ0n) is 18.7. The van der Waals surface area contributed by atoms with Gasteiger partial charge in [0.2, 0.25) is 10.0 Å². The molecule has 1 amide bonds. The van der Waals surface area contributed by atoms with E-state index in [4.69, 9.17) is 4.74 Å². The number of benzene rings is 3. The third-order valence-corrected chi connectivity index (χ3v) is 6.41. The number of fused-ring (bicyclic) bond motifs is 1. The fourth-order valence-corrected chi connectivity index (χ4v) is 4.79. The number of carbonyl (C=O) groups is 2. The summed E-state index contributed by atoms with van der Waals surface area (Å²) < 4.78 is 31.1. The first kappa shape index (κ1) is 23.3. The normalized spacial score (nSPS) is 14.2. The minimum Gasteiger partial charge on any atom is -0.496 e. The van der Waals surface area contributed by atoms with Gasteiger partial charge in [-0.05, 0) is 47.0 Å². The van der Waals surface area contributed by atoms with E-state index in [0.717, 1.165) is 17.4 Å². The fourth-order valence-electron chi connectivity index (χ4n) is 4.24. The third kappa shape index (κ3) is 4.74. The standard InChI is InChI=1S/C25H24N2O6S/c1-33-22-11-10-17(13-21(22)16-8-5-9-20(12-16)27-34(2,31)32)23(28)26-25(24(29)30)14-18-6-3-4-7-19(18)15-25/h3-13,27H,14-15H2,1-2H3,(H,26,28)(H,29,30). The van der Waals surface area contributed by atoms with Gasteiger partial charge in [0.05, 0.1) is 13.4 Å². The summed E-state index contributed by atoms with van der Waals surface area (Å²) >= 11 is 0. The number of carbonyl (C=O) groups excluding carboxylic acids is 1. The van der Waals surface area contributed by atoms with Gasteiger partial charge in [-0.15, -0.1) is 0 Å². The highest BCUT2D eigenvalue weighted by Crippen LogP contribution is 2.34. The molecule has 0 aromatic heterocycles. The lowest BCUT2D eigenvalue weighted by Crippen LogP contribution is -2.55. The van der Waals surface area contributed by atoms with Crippen LogP contribution in [0.3, 0.4) is 0 Å². The first-order valence-electron chi connectivity index (χ1n) is 10.5. The molecule has 3 N–H and O–H groups in total. The van der Waals surface area contributed by atoms with E-state index in [0.29, 0.717) is 22.6 Å². The highest BCUT2D eigenvalue weighted by atomic mass is 32.2. The summed E-state index contributed by atoms with van der Waals surface area (Å²) in [4.78, 5) is 25.4. The van der Waals surface area contributed by atoms with Crippen molar-refractivity contribution in [3.8, 4) is 16.9 Å². The first-order valence-corrected chi connectivity index (χ1v) is 12.4. The van der Waals surface area contributed by atoms with Crippen molar-refractivity contribution in [3.05, 3.63) is 83.4 Å². The van der Waals surface area contributed by atoms with Gasteiger partial charge in [0.15, 0.2) is 0 Å². The molecule has 176 valence electrons. The molecule has 34 heavy (non-hydrogen) atoms. The molecule has 0 fully saturated rings. The molecule has 0 saturated heterocycles. The van der Waals surface area contributed by atoms with E-state index in [-0.39, 0.29) is 18.4 Å². The molecule has 0 bridgehead atoms. The molecule has 3 aromatic carbocycles. The summed E-state index contributed by atoms with van der Waals surface area (Å²) in [5.74, 6) is -1.14. The molecular formula is C25H24N2O6S. The van der Waals surface area contributed by atoms with E-state index >= 15 is 0 Å². The van der Waals surface area contributed by atoms with Crippen molar-refractivity contribution in [1.82, 2.24) is 5.32 Å². The summed E-state index contributed by atoms with van der Waals surface area (Å²) in [6.07, 6.45) is 1.46. The third-order valence-electron chi connectivity index (χ3n) is 5.80. The molecule has 0 spiro atoms. The van der Waals surface area contributed by atoms with Gasteiger partial charge in [-0.2, -0.15) is 0 Å². The molecule has 4 rings (SSSR count). The van der Waals surface area contributed by atoms with E-state index in [1.165, 1.54) is 7.11 Å². The number of amides is 1. The molecule has 0 saturated carbocycles. The Balaban J connectivity index is 1.66. The summed E-state index contributed by atoms with van der Waals surface area (Å²) in [6.45, 7) is 0. The number of aliphatic carboxylic acids is 1. The Morgan fingerprint density at radius 2 is 1.65 bits per heavy atom. The van der Waals surface area contributed by atoms with Crippen molar-refractivity contribution in [3.63, 3.8) is 0 Å². The Morgan fingerprint density at radius 3 is 2.24 bits per heavy atom. The second-order valence-corrected chi connectivity index (χ2v) is 10.1. The topological polar surface area (TPSA) is 122 Å². The molecule has 0 heterocycles. The second kappa shape index (κ2) is 8.83. The fraction of sp³-hybridized carbons (Fsp3) is 0.200. The van der Waals surface area contributed by atoms with Gasteiger partial charge in [0, 0.05) is 29.7 Å². The Hall–Kier alpha value is -3.85. The smallest absolute Gasteiger partial charge is 0.330 e. The van der Waals surface area contributed by atoms with Gasteiger partial charge < -0.3 is 15.2 Å². The number of anilines is 1. The number of hydrogen-bond donors (Lipinski definition) is 3. The molecule has 0 atom stereocenters. The maximum absolute atomic E-state index is 13.2. The van der Waals surface area contributed by atoms with Gasteiger partial charge in [0.1, 0.15) is 11.3 Å². The summed E-state index contributed by atoms with van der Waals surface area (Å²) in [6, 6.07) is 18.9. The predicted molar refractivity (Wildman–Crippen MR) is 129 cm³/mol. The SMILES string of the molecule is COc1ccc(C(=O)NC2(C(=O)O)Cc3ccccc3C2)cc1-c1cccc(NS(C)(=O)=O)c1. The minimum atomic E-state index is -3.47. The Morgan fingerprint density at radius 1 is 0.971 bits per heavy atom. The van der Waals surface area contributed by atoms with Crippen LogP contribution in [0.1, 0.15) is 21.5 Å². The first-order chi connectivity index (χ1) is 16.1. The summed E-state index contributed by atoms with van der Waals surface area (Å²) in [5.41, 5.74) is 2.18. The van der Waals surface area contributed by atoms with Gasteiger partial charge in [0.25, 0.3) is 5.91 Å². The predicted octanol–water partition coefficient (Wildman–Crippen LogP) is 3.09. The van der Waals surface area contributed by atoms with E-state index < -0.39 is 27.4 Å². The van der Waals surface area contributed by atoms with Crippen LogP contribution in [0.4, 0.5) is 5.69 Å². The molecule has 3 aromatic rings. The molecule has 1 aliphatic carbocycles. The molecule has 9 heteroatoms. The van der Waals surface area contributed by atoms with Gasteiger partial charge >= 0.3 is 5.97 Å². The van der Waals surface area contributed by atoms with Crippen LogP contribution in [-0.4, -0.2) is 44.3 Å². The molecular weight excluding hydrogens is 456 g/mol. The molecule has 0 aliphatic heterocycles. The number of carboxylic acid groups (broad SMARTS) is 1. The summed E-state index contributed by atoms with van der Waals surface area (Å²) in [5, 5.41) is 12.7. The number of methoxy groups -OCH3 is 1. The van der Waals surface area contributed by atoms with Crippen LogP contribution in [0.15, 0.2) is 66.7 Å². The van der Waals surface area contributed by atoms with Crippen molar-refractivity contribution < 1.29 is 27.9 Å². The van der Waals surface area contributed by atoms with Crippen molar-refractivity contribution in [1.29, 1.82) is 0 Å². The average molecular weight is 481 g/mol. The highest BCUT2D eigenvalue weighted by Gasteiger charge is 2.45. The summed E-state index contributed by atoms with van der Waals surface area (Å²) in [7, 11) is -1.97. The molecule has 0 radical (unpaired) electrons. The van der Waals surface area contributed by atoms with Gasteiger partial charge in [-0.1, -0.05) is 36.4 Å². The van der Waals surface area contributed by atoms with Crippen LogP contribution in [0, 0.1) is 0 Å². The average Bonchev–Trinajstić information content (AvgIpc) is 3.17. The maximum Gasteiger partial charge on any atom is 0.330 e. The Labute approximate surface area is 197 Å². The van der Waals surface area contributed by atoms with Gasteiger partial charge in [-0.3, -0.25) is 9.52 Å². The van der Waals surface area contributed by atoms with Crippen LogP contribution in [0.5, 0.6) is 5.75 Å². The number of carboxylic acids is 1. The van der Waals surface area contributed by atoms with Crippen LogP contribution in [-0.2, 0) is 27.7 Å². The van der Waals surface area contributed by atoms with Crippen molar-refractivity contribution >= 4 is 27.6 Å². The lowest BCUT2D eigenvalue weighted by atomic mass is 9.94. The largest absolute Gasteiger partial charge is 0.496 e. The number of nitrogens with one attached hydrogen (secondary N) is 2. The lowest BCUT2D eigenvalue weighted by Gasteiger charge is -2.25. The molecule has 1 aliphatic rings. The number of rotatable bonds is 7. The zero-order chi connectivity index (χ0) is 24.5. The Kier molecular flexibility index (Phi) is 6.05. The van der Waals surface area contributed by atoms with Crippen LogP contribution >= 0.6 is 0 Å². The van der Waals surface area contributed by atoms with E-state index in [1.54, 1.807) is 42.5 Å². The van der Waals surface area contributed by atoms with E-state index in [2.05, 4.69) is 10.0 Å². The number of ether oxygens (including phenoxy) is 1. The zero-order valence-corrected chi connectivity index (χ0v) is 19.5. The number of sulfonamides is 1. The number of hydrogen-bond acceptors (Lipinski definition) is 5. The molecule has 8 nitrogen and oxygen atoms in total. The Bertz CT molecular complexity index is 1360. The van der Waals surface area contributed by atoms with E-state index in [1.807, 2.05) is 24.3 Å². The van der Waals surface area contributed by atoms with Crippen molar-refractivity contribution in [2.24, 2.45) is 0 Å². The minimum absolute atomic E-state index is 0.201. The van der Waals surface area contributed by atoms with E-state index in [9.17, 15) is 23.1 Å². The monoisotopic (exact) mass is 480 g/mol. The van der Waals surface area contributed by atoms with Crippen molar-refractivity contribution in [2.75, 3.05) is 18.1 Å². The highest BCUT2D eigenvalue weighted by molar-refractivity contribution is 7.92. The van der Waals surface area contributed by atoms with Gasteiger partial charge in [-0.25, -0.2) is 13.2 Å². The van der Waals surface area contributed by atoms with Crippen molar-refractivity contribution in [2.45, 2.75) is 18.4 Å². The quantitative estimate of drug-likeness (QED) is 0.478. The molecule has 0 unspecified atom stereocenters. The maximum atomic E-state index is 13.2. The van der Waals surface area contributed by atoms with Crippen LogP contribution in [0.25, 0.3) is 11.1 Å².